The predicted octanol–water partition coefficient (Wildman–Crippen LogP) is 6.17. The van der Waals surface area contributed by atoms with Crippen LogP contribution in [0.4, 0.5) is 0 Å². The van der Waals surface area contributed by atoms with Crippen molar-refractivity contribution >= 4 is 15.9 Å². The molecule has 3 aromatic rings. The minimum absolute atomic E-state index is 0.259. The molecule has 0 N–H and O–H groups in total. The molecule has 4 heteroatoms. The van der Waals surface area contributed by atoms with E-state index in [1.54, 1.807) is 0 Å². The van der Waals surface area contributed by atoms with Gasteiger partial charge >= 0.3 is 0 Å². The third kappa shape index (κ3) is 5.12. The summed E-state index contributed by atoms with van der Waals surface area (Å²) in [6.07, 6.45) is 0.259. The second-order valence-electron chi connectivity index (χ2n) is 7.94. The Morgan fingerprint density at radius 2 is 1.57 bits per heavy atom. The number of hydrogen-bond donors (Lipinski definition) is 0. The van der Waals surface area contributed by atoms with Crippen LogP contribution in [0.1, 0.15) is 35.3 Å². The van der Waals surface area contributed by atoms with Crippen LogP contribution in [0.2, 0.25) is 0 Å². The van der Waals surface area contributed by atoms with E-state index >= 15 is 0 Å². The van der Waals surface area contributed by atoms with Gasteiger partial charge in [0.1, 0.15) is 5.75 Å². The lowest BCUT2D eigenvalue weighted by Crippen LogP contribution is -2.30. The van der Waals surface area contributed by atoms with Crippen molar-refractivity contribution in [3.05, 3.63) is 99.5 Å². The van der Waals surface area contributed by atoms with Gasteiger partial charge in [-0.15, -0.1) is 0 Å². The van der Waals surface area contributed by atoms with Gasteiger partial charge in [0, 0.05) is 30.7 Å². The van der Waals surface area contributed by atoms with Gasteiger partial charge in [0.2, 0.25) is 0 Å². The lowest BCUT2D eigenvalue weighted by Gasteiger charge is -2.31. The zero-order valence-corrected chi connectivity index (χ0v) is 19.3. The van der Waals surface area contributed by atoms with Crippen molar-refractivity contribution in [2.75, 3.05) is 19.7 Å². The standard InChI is InChI=1S/C26H29BrN2O/c1-3-30-25-12-10-21(11-13-25)18-28-14-15-29(19-22-7-4-6-20(2)16-22)26(28)23-8-5-9-24(27)17-23/h4-13,16-17,26H,3,14-15,18-19H2,1-2H3/t26-/m0/s1. The number of hydrogen-bond acceptors (Lipinski definition) is 3. The summed E-state index contributed by atoms with van der Waals surface area (Å²) < 4.78 is 6.73. The third-order valence-electron chi connectivity index (χ3n) is 5.60. The van der Waals surface area contributed by atoms with Gasteiger partial charge in [-0.25, -0.2) is 0 Å². The van der Waals surface area contributed by atoms with E-state index in [2.05, 4.69) is 105 Å². The topological polar surface area (TPSA) is 15.7 Å². The van der Waals surface area contributed by atoms with E-state index in [-0.39, 0.29) is 6.17 Å². The molecule has 1 aliphatic heterocycles. The van der Waals surface area contributed by atoms with E-state index in [4.69, 9.17) is 4.74 Å². The van der Waals surface area contributed by atoms with Crippen LogP contribution in [0.5, 0.6) is 5.75 Å². The van der Waals surface area contributed by atoms with Gasteiger partial charge in [0.05, 0.1) is 12.8 Å². The van der Waals surface area contributed by atoms with E-state index < -0.39 is 0 Å². The maximum atomic E-state index is 5.60. The number of aryl methyl sites for hydroxylation is 1. The average molecular weight is 465 g/mol. The normalized spacial score (nSPS) is 17.4. The predicted molar refractivity (Wildman–Crippen MR) is 126 cm³/mol. The quantitative estimate of drug-likeness (QED) is 0.415. The zero-order chi connectivity index (χ0) is 20.9. The van der Waals surface area contributed by atoms with Crippen LogP contribution >= 0.6 is 15.9 Å². The molecule has 3 nitrogen and oxygen atoms in total. The molecule has 1 fully saturated rings. The fourth-order valence-electron chi connectivity index (χ4n) is 4.29. The Kier molecular flexibility index (Phi) is 6.88. The van der Waals surface area contributed by atoms with E-state index in [1.165, 1.54) is 22.3 Å². The summed E-state index contributed by atoms with van der Waals surface area (Å²) in [5.41, 5.74) is 5.34. The van der Waals surface area contributed by atoms with Crippen molar-refractivity contribution in [3.63, 3.8) is 0 Å². The number of nitrogens with zero attached hydrogens (tertiary/aromatic N) is 2. The molecule has 0 aromatic heterocycles. The maximum absolute atomic E-state index is 5.60. The molecule has 4 rings (SSSR count). The lowest BCUT2D eigenvalue weighted by molar-refractivity contribution is 0.126. The van der Waals surface area contributed by atoms with Gasteiger partial charge < -0.3 is 4.74 Å². The highest BCUT2D eigenvalue weighted by Gasteiger charge is 2.33. The van der Waals surface area contributed by atoms with Crippen molar-refractivity contribution in [1.29, 1.82) is 0 Å². The number of halogens is 1. The summed E-state index contributed by atoms with van der Waals surface area (Å²) in [4.78, 5) is 5.17. The number of ether oxygens (including phenoxy) is 1. The first kappa shape index (κ1) is 21.1. The van der Waals surface area contributed by atoms with E-state index in [0.29, 0.717) is 6.61 Å². The summed E-state index contributed by atoms with van der Waals surface area (Å²) in [5, 5.41) is 0. The molecule has 156 valence electrons. The van der Waals surface area contributed by atoms with Crippen LogP contribution < -0.4 is 4.74 Å². The van der Waals surface area contributed by atoms with Gasteiger partial charge in [-0.2, -0.15) is 0 Å². The third-order valence-corrected chi connectivity index (χ3v) is 6.09. The molecule has 0 radical (unpaired) electrons. The minimum atomic E-state index is 0.259. The Morgan fingerprint density at radius 1 is 0.867 bits per heavy atom. The molecule has 30 heavy (non-hydrogen) atoms. The van der Waals surface area contributed by atoms with Gasteiger partial charge in [0.25, 0.3) is 0 Å². The molecule has 1 heterocycles. The highest BCUT2D eigenvalue weighted by Crippen LogP contribution is 2.34. The Bertz CT molecular complexity index is 973. The first-order valence-corrected chi connectivity index (χ1v) is 11.4. The first-order chi connectivity index (χ1) is 14.6. The fourth-order valence-corrected chi connectivity index (χ4v) is 4.71. The Hall–Kier alpha value is -2.14. The van der Waals surface area contributed by atoms with Crippen LogP contribution in [0.3, 0.4) is 0 Å². The van der Waals surface area contributed by atoms with E-state index in [0.717, 1.165) is 36.4 Å². The molecule has 0 aliphatic carbocycles. The molecule has 1 aliphatic rings. The fraction of sp³-hybridized carbons (Fsp3) is 0.308. The van der Waals surface area contributed by atoms with Crippen LogP contribution in [0.25, 0.3) is 0 Å². The summed E-state index contributed by atoms with van der Waals surface area (Å²) in [6.45, 7) is 8.87. The monoisotopic (exact) mass is 464 g/mol. The molecule has 0 saturated carbocycles. The maximum Gasteiger partial charge on any atom is 0.119 e. The summed E-state index contributed by atoms with van der Waals surface area (Å²) in [7, 11) is 0. The second-order valence-corrected chi connectivity index (χ2v) is 8.85. The molecule has 0 bridgehead atoms. The molecule has 1 saturated heterocycles. The van der Waals surface area contributed by atoms with Crippen molar-refractivity contribution in [2.24, 2.45) is 0 Å². The zero-order valence-electron chi connectivity index (χ0n) is 17.7. The number of benzene rings is 3. The SMILES string of the molecule is CCOc1ccc(CN2CCN(Cc3cccc(C)c3)[C@H]2c2cccc(Br)c2)cc1. The van der Waals surface area contributed by atoms with Gasteiger partial charge in [-0.3, -0.25) is 9.80 Å². The van der Waals surface area contributed by atoms with Gasteiger partial charge in [-0.05, 0) is 54.8 Å². The summed E-state index contributed by atoms with van der Waals surface area (Å²) in [5.74, 6) is 0.937. The summed E-state index contributed by atoms with van der Waals surface area (Å²) in [6, 6.07) is 26.1. The van der Waals surface area contributed by atoms with E-state index in [1.807, 2.05) is 6.92 Å². The van der Waals surface area contributed by atoms with Gasteiger partial charge in [0.15, 0.2) is 0 Å². The Morgan fingerprint density at radius 3 is 2.23 bits per heavy atom. The average Bonchev–Trinajstić information content (AvgIpc) is 3.11. The molecule has 1 atom stereocenters. The second kappa shape index (κ2) is 9.78. The van der Waals surface area contributed by atoms with Crippen LogP contribution in [0, 0.1) is 6.92 Å². The smallest absolute Gasteiger partial charge is 0.119 e. The van der Waals surface area contributed by atoms with E-state index in [9.17, 15) is 0 Å². The van der Waals surface area contributed by atoms with Crippen molar-refractivity contribution < 1.29 is 4.74 Å². The van der Waals surface area contributed by atoms with Crippen molar-refractivity contribution in [3.8, 4) is 5.75 Å². The largest absolute Gasteiger partial charge is 0.494 e. The Balaban J connectivity index is 1.57. The van der Waals surface area contributed by atoms with Gasteiger partial charge in [-0.1, -0.05) is 70.0 Å². The van der Waals surface area contributed by atoms with Crippen LogP contribution in [0.15, 0.2) is 77.3 Å². The summed E-state index contributed by atoms with van der Waals surface area (Å²) >= 11 is 3.66. The van der Waals surface area contributed by atoms with Crippen LogP contribution in [-0.2, 0) is 13.1 Å². The highest BCUT2D eigenvalue weighted by atomic mass is 79.9. The minimum Gasteiger partial charge on any atom is -0.494 e. The molecular weight excluding hydrogens is 436 g/mol. The van der Waals surface area contributed by atoms with Crippen LogP contribution in [-0.4, -0.2) is 29.5 Å². The molecule has 0 amide bonds. The molecule has 0 spiro atoms. The molecule has 3 aromatic carbocycles. The Labute approximate surface area is 188 Å². The van der Waals surface area contributed by atoms with Crippen molar-refractivity contribution in [2.45, 2.75) is 33.1 Å². The first-order valence-electron chi connectivity index (χ1n) is 10.6. The molecule has 0 unspecified atom stereocenters. The van der Waals surface area contributed by atoms with Crippen molar-refractivity contribution in [1.82, 2.24) is 9.80 Å². The highest BCUT2D eigenvalue weighted by molar-refractivity contribution is 9.10. The number of rotatable bonds is 7. The lowest BCUT2D eigenvalue weighted by atomic mass is 10.1. The molecular formula is C26H29BrN2O.